The van der Waals surface area contributed by atoms with E-state index in [0.29, 0.717) is 0 Å². The Kier molecular flexibility index (Phi) is 1510. The molecule has 0 radical (unpaired) electrons. The van der Waals surface area contributed by atoms with Gasteiger partial charge >= 0.3 is 40.5 Å². The van der Waals surface area contributed by atoms with Crippen LogP contribution in [-0.2, 0) is 40.5 Å². The predicted molar refractivity (Wildman–Crippen MR) is 10.1 cm³/mol. The Balaban J connectivity index is 0. The van der Waals surface area contributed by atoms with Gasteiger partial charge in [0, 0.05) is 0 Å². The molecule has 0 aliphatic rings. The van der Waals surface area contributed by atoms with Gasteiger partial charge in [0.1, 0.15) is 0 Å². The molecule has 0 bridgehead atoms. The molecular weight excluding hydrogens is 241 g/mol. The fourth-order valence-electron chi connectivity index (χ4n) is 0. The van der Waals surface area contributed by atoms with E-state index in [1.807, 2.05) is 0 Å². The minimum Gasteiger partial charge on any atom is -3.00 e. The van der Waals surface area contributed by atoms with Crippen LogP contribution >= 0.6 is 0 Å². The summed E-state index contributed by atoms with van der Waals surface area (Å²) in [5.41, 5.74) is 0. The predicted octanol–water partition coefficient (Wildman–Crippen LogP) is 0.861. The molecule has 0 saturated carbocycles. The van der Waals surface area contributed by atoms with E-state index in [-0.39, 0.29) is 59.0 Å². The van der Waals surface area contributed by atoms with Crippen LogP contribution in [0.25, 0.3) is 18.5 Å². The molecule has 0 saturated heterocycles. The van der Waals surface area contributed by atoms with Gasteiger partial charge in [-0.1, -0.05) is 0 Å². The molecule has 0 aromatic heterocycles. The summed E-state index contributed by atoms with van der Waals surface area (Å²) in [5, 5.41) is 0. The maximum absolute atomic E-state index is 0. The molecule has 0 aliphatic heterocycles. The zero-order valence-electron chi connectivity index (χ0n) is 2.08. The normalized spacial score (nSPS) is 0. The van der Waals surface area contributed by atoms with Crippen molar-refractivity contribution in [3.63, 3.8) is 0 Å². The van der Waals surface area contributed by atoms with E-state index >= 15 is 0 Å². The number of hydrogen-bond donors (Lipinski definition) is 0. The van der Waals surface area contributed by atoms with Gasteiger partial charge < -0.3 is 18.5 Å². The van der Waals surface area contributed by atoms with Crippen molar-refractivity contribution in [2.24, 2.45) is 0 Å². The monoisotopic (exact) mass is 243 g/mol. The summed E-state index contributed by atoms with van der Waals surface area (Å²) < 4.78 is 0. The summed E-state index contributed by atoms with van der Waals surface area (Å²) in [7, 11) is 0. The van der Waals surface area contributed by atoms with Crippen molar-refractivity contribution in [1.29, 1.82) is 0 Å². The van der Waals surface area contributed by atoms with E-state index in [1.165, 1.54) is 0 Å². The van der Waals surface area contributed by atoms with Crippen LogP contribution in [0, 0.1) is 0 Å². The van der Waals surface area contributed by atoms with Crippen LogP contribution in [0.3, 0.4) is 0 Å². The topological polar surface area (TPSA) is 91.5 Å². The van der Waals surface area contributed by atoms with Crippen molar-refractivity contribution < 1.29 is 40.5 Å². The van der Waals surface area contributed by atoms with E-state index < -0.39 is 0 Å². The van der Waals surface area contributed by atoms with Gasteiger partial charge in [0.2, 0.25) is 0 Å². The van der Waals surface area contributed by atoms with Crippen molar-refractivity contribution in [2.75, 3.05) is 0 Å². The Morgan fingerprint density at radius 2 is 0.600 bits per heavy atom. The van der Waals surface area contributed by atoms with Crippen LogP contribution in [0.1, 0.15) is 0 Å². The van der Waals surface area contributed by atoms with Gasteiger partial charge in [-0.3, -0.25) is 0 Å². The van der Waals surface area contributed by atoms with Gasteiger partial charge in [0.25, 0.3) is 0 Å². The molecule has 0 aliphatic carbocycles. The molecule has 5 heteroatoms. The van der Waals surface area contributed by atoms with Crippen LogP contribution < -0.4 is 0 Å². The molecule has 0 rings (SSSR count). The first kappa shape index (κ1) is 118. The maximum Gasteiger partial charge on any atom is 6.00 e. The van der Waals surface area contributed by atoms with Gasteiger partial charge in [0.05, 0.1) is 0 Å². The Bertz CT molecular complexity index is 6.85. The molecule has 0 atom stereocenters. The van der Waals surface area contributed by atoms with Crippen molar-refractivity contribution in [2.45, 2.75) is 0 Å². The molecule has 0 aromatic carbocycles. The van der Waals surface area contributed by atoms with Crippen LogP contribution in [0.2, 0.25) is 0 Å². The van der Waals surface area contributed by atoms with E-state index in [4.69, 9.17) is 0 Å². The summed E-state index contributed by atoms with van der Waals surface area (Å²) in [4.78, 5) is 0. The molecule has 0 unspecified atom stereocenters. The molecule has 0 N–H and O–H groups in total. The number of nitrogens with zero attached hydrogens (tertiary/aromatic N) is 3. The minimum absolute atomic E-state index is 0. The van der Waals surface area contributed by atoms with Crippen molar-refractivity contribution in [1.82, 2.24) is 0 Å². The van der Waals surface area contributed by atoms with Crippen LogP contribution in [0.4, 0.5) is 0 Å². The van der Waals surface area contributed by atoms with Crippen molar-refractivity contribution >= 4 is 0 Å². The second-order valence-electron chi connectivity index (χ2n) is 0. The van der Waals surface area contributed by atoms with E-state index in [2.05, 4.69) is 0 Å². The standard InChI is InChI=1S/Mo.3N.Rh/q+6;3*-3;+3. The molecular formula is MoN3Rh. The van der Waals surface area contributed by atoms with Gasteiger partial charge in [-0.05, 0) is 0 Å². The third kappa shape index (κ3) is 37.2. The number of rotatable bonds is 0. The van der Waals surface area contributed by atoms with E-state index in [9.17, 15) is 0 Å². The molecule has 0 fully saturated rings. The third-order valence-electron chi connectivity index (χ3n) is 0. The maximum atomic E-state index is 0. The van der Waals surface area contributed by atoms with Crippen molar-refractivity contribution in [3.05, 3.63) is 18.5 Å². The Labute approximate surface area is 59.0 Å². The molecule has 0 spiro atoms. The first-order valence-electron chi connectivity index (χ1n) is 0. The smallest absolute Gasteiger partial charge is 3.00 e. The SMILES string of the molecule is [Mo+6].[N-3].[N-3].[N-3].[Rh+3]. The van der Waals surface area contributed by atoms with Crippen LogP contribution in [-0.4, -0.2) is 0 Å². The van der Waals surface area contributed by atoms with Crippen LogP contribution in [0.5, 0.6) is 0 Å². The Morgan fingerprint density at radius 1 is 0.600 bits per heavy atom. The summed E-state index contributed by atoms with van der Waals surface area (Å²) in [6.45, 7) is 0. The van der Waals surface area contributed by atoms with Crippen LogP contribution in [0.15, 0.2) is 0 Å². The Hall–Kier alpha value is 1.19. The minimum atomic E-state index is 0. The molecule has 0 amide bonds. The van der Waals surface area contributed by atoms with Gasteiger partial charge in [-0.15, -0.1) is 0 Å². The first-order chi connectivity index (χ1) is 0. The number of hydrogen-bond acceptors (Lipinski definition) is 0. The van der Waals surface area contributed by atoms with Gasteiger partial charge in [-0.2, -0.15) is 0 Å². The molecule has 0 aromatic rings. The zero-order valence-corrected chi connectivity index (χ0v) is 5.73. The quantitative estimate of drug-likeness (QED) is 0.562. The van der Waals surface area contributed by atoms with Gasteiger partial charge in [0.15, 0.2) is 0 Å². The average Bonchev–Trinajstić information content (AvgIpc) is 0. The second kappa shape index (κ2) is 64.2. The van der Waals surface area contributed by atoms with Crippen molar-refractivity contribution in [3.8, 4) is 0 Å². The largest absolute Gasteiger partial charge is 6.00 e. The Morgan fingerprint density at radius 3 is 0.600 bits per heavy atom. The fourth-order valence-corrected chi connectivity index (χ4v) is 0. The fraction of sp³-hybridized carbons (Fsp3) is 0. The molecule has 0 heterocycles. The summed E-state index contributed by atoms with van der Waals surface area (Å²) in [6.07, 6.45) is 0. The first-order valence-corrected chi connectivity index (χ1v) is 0. The van der Waals surface area contributed by atoms with E-state index in [0.717, 1.165) is 0 Å². The molecule has 5 heavy (non-hydrogen) atoms. The average molecular weight is 241 g/mol. The third-order valence-corrected chi connectivity index (χ3v) is 0. The summed E-state index contributed by atoms with van der Waals surface area (Å²) in [6, 6.07) is 0. The summed E-state index contributed by atoms with van der Waals surface area (Å²) >= 11 is 0. The summed E-state index contributed by atoms with van der Waals surface area (Å²) in [5.74, 6) is 0. The zero-order chi connectivity index (χ0) is 0. The molecule has 30 valence electrons. The molecule has 3 nitrogen and oxygen atoms in total. The second-order valence-corrected chi connectivity index (χ2v) is 0. The van der Waals surface area contributed by atoms with E-state index in [1.54, 1.807) is 0 Å². The van der Waals surface area contributed by atoms with Gasteiger partial charge in [-0.25, -0.2) is 0 Å².